The van der Waals surface area contributed by atoms with Crippen molar-refractivity contribution in [3.8, 4) is 0 Å². The Morgan fingerprint density at radius 3 is 2.00 bits per heavy atom. The van der Waals surface area contributed by atoms with Crippen molar-refractivity contribution in [2.45, 2.75) is 12.8 Å². The Kier molecular flexibility index (Phi) is 28.5. The molecule has 0 bridgehead atoms. The summed E-state index contributed by atoms with van der Waals surface area (Å²) >= 11 is 0. The van der Waals surface area contributed by atoms with Gasteiger partial charge in [-0.15, -0.1) is 24.8 Å². The lowest BCUT2D eigenvalue weighted by Crippen LogP contribution is -2.04. The quantitative estimate of drug-likeness (QED) is 0.484. The average molecular weight is 177 g/mol. The molecule has 0 aliphatic heterocycles. The normalized spacial score (nSPS) is 7.33. The summed E-state index contributed by atoms with van der Waals surface area (Å²) in [4.78, 5) is 4.29. The molecule has 0 fully saturated rings. The maximum absolute atomic E-state index is 5.17. The largest absolute Gasteiger partial charge is 0.330 e. The van der Waals surface area contributed by atoms with E-state index in [4.69, 9.17) is 11.6 Å². The van der Waals surface area contributed by atoms with Gasteiger partial charge in [-0.2, -0.15) is 0 Å². The molecule has 0 saturated carbocycles. The van der Waals surface area contributed by atoms with Crippen LogP contribution in [0.1, 0.15) is 12.8 Å². The minimum atomic E-state index is 0. The first-order valence-corrected chi connectivity index (χ1v) is 2.43. The zero-order valence-corrected chi connectivity index (χ0v) is 6.84. The highest BCUT2D eigenvalue weighted by Gasteiger charge is 1.80. The van der Waals surface area contributed by atoms with Crippen LogP contribution < -0.4 is 11.6 Å². The monoisotopic (exact) mass is 176 g/mol. The van der Waals surface area contributed by atoms with Crippen LogP contribution in [0.5, 0.6) is 0 Å². The summed E-state index contributed by atoms with van der Waals surface area (Å²) in [5.74, 6) is 4.73. The first-order valence-electron chi connectivity index (χ1n) is 2.43. The Balaban J connectivity index is -0.000000180. The van der Waals surface area contributed by atoms with Crippen molar-refractivity contribution in [2.24, 2.45) is 11.6 Å². The molecular weight excluding hydrogens is 163 g/mol. The first-order chi connectivity index (χ1) is 3.41. The highest BCUT2D eigenvalue weighted by Crippen LogP contribution is 1.82. The second kappa shape index (κ2) is 15.8. The summed E-state index contributed by atoms with van der Waals surface area (Å²) in [5.41, 5.74) is 5.17. The molecule has 0 rings (SSSR count). The van der Waals surface area contributed by atoms with Gasteiger partial charge < -0.3 is 10.6 Å². The predicted molar refractivity (Wildman–Crippen MR) is 42.9 cm³/mol. The Bertz CT molecular complexity index is 35.7. The molecule has 0 heterocycles. The van der Waals surface area contributed by atoms with Gasteiger partial charge in [-0.25, -0.2) is 5.90 Å². The van der Waals surface area contributed by atoms with Gasteiger partial charge in [0.2, 0.25) is 0 Å². The topological polar surface area (TPSA) is 61.3 Å². The van der Waals surface area contributed by atoms with E-state index in [0.29, 0.717) is 6.61 Å². The zero-order valence-electron chi connectivity index (χ0n) is 5.21. The number of unbranched alkanes of at least 4 members (excludes halogenated alkanes) is 1. The molecular formula is C4H14Cl2N2O. The molecule has 0 radical (unpaired) electrons. The van der Waals surface area contributed by atoms with Crippen molar-refractivity contribution in [1.29, 1.82) is 0 Å². The molecule has 0 aliphatic carbocycles. The number of rotatable bonds is 4. The van der Waals surface area contributed by atoms with Gasteiger partial charge in [-0.3, -0.25) is 0 Å². The molecule has 0 amide bonds. The molecule has 0 spiro atoms. The van der Waals surface area contributed by atoms with Crippen molar-refractivity contribution < 1.29 is 4.84 Å². The van der Waals surface area contributed by atoms with Gasteiger partial charge in [0, 0.05) is 0 Å². The Hall–Kier alpha value is 0.460. The van der Waals surface area contributed by atoms with E-state index in [0.717, 1.165) is 19.4 Å². The lowest BCUT2D eigenvalue weighted by Gasteiger charge is -1.92. The average Bonchev–Trinajstić information content (AvgIpc) is 1.69. The fraction of sp³-hybridized carbons (Fsp3) is 1.00. The van der Waals surface area contributed by atoms with Crippen molar-refractivity contribution in [2.75, 3.05) is 13.2 Å². The first kappa shape index (κ1) is 16.2. The molecule has 0 unspecified atom stereocenters. The molecule has 5 heteroatoms. The summed E-state index contributed by atoms with van der Waals surface area (Å²) in [6.07, 6.45) is 1.96. The second-order valence-corrected chi connectivity index (χ2v) is 1.37. The van der Waals surface area contributed by atoms with E-state index in [-0.39, 0.29) is 24.8 Å². The van der Waals surface area contributed by atoms with Gasteiger partial charge in [0.15, 0.2) is 0 Å². The third kappa shape index (κ3) is 17.7. The lowest BCUT2D eigenvalue weighted by atomic mass is 10.3. The van der Waals surface area contributed by atoms with Crippen LogP contribution in [0.4, 0.5) is 0 Å². The molecule has 0 aromatic carbocycles. The summed E-state index contributed by atoms with van der Waals surface area (Å²) in [6, 6.07) is 0. The van der Waals surface area contributed by atoms with Crippen LogP contribution in [-0.2, 0) is 4.84 Å². The van der Waals surface area contributed by atoms with E-state index in [2.05, 4.69) is 4.84 Å². The molecule has 0 atom stereocenters. The summed E-state index contributed by atoms with van der Waals surface area (Å²) in [6.45, 7) is 1.35. The summed E-state index contributed by atoms with van der Waals surface area (Å²) in [7, 11) is 0. The SMILES string of the molecule is Cl.Cl.NCCCCON. The molecule has 4 N–H and O–H groups in total. The van der Waals surface area contributed by atoms with Gasteiger partial charge in [0.05, 0.1) is 6.61 Å². The van der Waals surface area contributed by atoms with Crippen molar-refractivity contribution in [3.63, 3.8) is 0 Å². The summed E-state index contributed by atoms with van der Waals surface area (Å²) in [5, 5.41) is 0. The van der Waals surface area contributed by atoms with E-state index in [1.165, 1.54) is 0 Å². The van der Waals surface area contributed by atoms with Crippen LogP contribution in [0.2, 0.25) is 0 Å². The minimum absolute atomic E-state index is 0. The van der Waals surface area contributed by atoms with Gasteiger partial charge in [-0.1, -0.05) is 0 Å². The maximum Gasteiger partial charge on any atom is 0.0679 e. The van der Waals surface area contributed by atoms with E-state index in [1.807, 2.05) is 0 Å². The van der Waals surface area contributed by atoms with E-state index in [1.54, 1.807) is 0 Å². The lowest BCUT2D eigenvalue weighted by molar-refractivity contribution is 0.134. The number of hydrogen-bond donors (Lipinski definition) is 2. The zero-order chi connectivity index (χ0) is 5.54. The van der Waals surface area contributed by atoms with Gasteiger partial charge >= 0.3 is 0 Å². The van der Waals surface area contributed by atoms with Gasteiger partial charge in [-0.05, 0) is 19.4 Å². The van der Waals surface area contributed by atoms with Crippen LogP contribution in [0.3, 0.4) is 0 Å². The van der Waals surface area contributed by atoms with E-state index >= 15 is 0 Å². The molecule has 60 valence electrons. The fourth-order valence-electron chi connectivity index (χ4n) is 0.330. The van der Waals surface area contributed by atoms with Crippen molar-refractivity contribution in [3.05, 3.63) is 0 Å². The minimum Gasteiger partial charge on any atom is -0.330 e. The van der Waals surface area contributed by atoms with Gasteiger partial charge in [0.25, 0.3) is 0 Å². The molecule has 3 nitrogen and oxygen atoms in total. The Morgan fingerprint density at radius 2 is 1.67 bits per heavy atom. The molecule has 0 aromatic rings. The molecule has 0 aromatic heterocycles. The Labute approximate surface area is 67.9 Å². The van der Waals surface area contributed by atoms with Crippen LogP contribution >= 0.6 is 24.8 Å². The van der Waals surface area contributed by atoms with E-state index < -0.39 is 0 Å². The second-order valence-electron chi connectivity index (χ2n) is 1.37. The predicted octanol–water partition coefficient (Wildman–Crippen LogP) is 0.459. The third-order valence-corrected chi connectivity index (χ3v) is 0.716. The van der Waals surface area contributed by atoms with Crippen molar-refractivity contribution >= 4 is 24.8 Å². The molecule has 0 saturated heterocycles. The number of nitrogens with two attached hydrogens (primary N) is 2. The van der Waals surface area contributed by atoms with Crippen LogP contribution in [-0.4, -0.2) is 13.2 Å². The highest BCUT2D eigenvalue weighted by atomic mass is 35.5. The number of halogens is 2. The summed E-state index contributed by atoms with van der Waals surface area (Å²) < 4.78 is 0. The maximum atomic E-state index is 5.17. The standard InChI is InChI=1S/C4H12N2O.2ClH/c5-3-1-2-4-7-6;;/h1-6H2;2*1H. The Morgan fingerprint density at radius 1 is 1.11 bits per heavy atom. The molecule has 0 aliphatic rings. The van der Waals surface area contributed by atoms with Crippen LogP contribution in [0.25, 0.3) is 0 Å². The third-order valence-electron chi connectivity index (χ3n) is 0.716. The highest BCUT2D eigenvalue weighted by molar-refractivity contribution is 5.85. The van der Waals surface area contributed by atoms with E-state index in [9.17, 15) is 0 Å². The van der Waals surface area contributed by atoms with Crippen LogP contribution in [0.15, 0.2) is 0 Å². The number of hydrogen-bond acceptors (Lipinski definition) is 3. The van der Waals surface area contributed by atoms with Crippen LogP contribution in [0, 0.1) is 0 Å². The molecule has 9 heavy (non-hydrogen) atoms. The fourth-order valence-corrected chi connectivity index (χ4v) is 0.330. The smallest absolute Gasteiger partial charge is 0.0679 e. The van der Waals surface area contributed by atoms with Crippen molar-refractivity contribution in [1.82, 2.24) is 0 Å². The van der Waals surface area contributed by atoms with Gasteiger partial charge in [0.1, 0.15) is 0 Å².